The highest BCUT2D eigenvalue weighted by Crippen LogP contribution is 2.22. The summed E-state index contributed by atoms with van der Waals surface area (Å²) in [6, 6.07) is 6.35. The highest BCUT2D eigenvalue weighted by atomic mass is 32.2. The zero-order valence-corrected chi connectivity index (χ0v) is 16.1. The Kier molecular flexibility index (Phi) is 6.16. The van der Waals surface area contributed by atoms with E-state index >= 15 is 0 Å². The fourth-order valence-corrected chi connectivity index (χ4v) is 4.77. The van der Waals surface area contributed by atoms with Gasteiger partial charge in [0.25, 0.3) is 5.91 Å². The number of likely N-dealkylation sites (N-methyl/N-ethyl adjacent to an activating group) is 1. The van der Waals surface area contributed by atoms with Crippen molar-refractivity contribution in [2.24, 2.45) is 0 Å². The normalized spacial score (nSPS) is 20.1. The molecule has 8 heteroatoms. The summed E-state index contributed by atoms with van der Waals surface area (Å²) in [4.78, 5) is 16.5. The Hall–Kier alpha value is -1.64. The van der Waals surface area contributed by atoms with E-state index in [1.807, 2.05) is 7.05 Å². The monoisotopic (exact) mass is 381 g/mol. The van der Waals surface area contributed by atoms with Gasteiger partial charge in [-0.3, -0.25) is 4.79 Å². The van der Waals surface area contributed by atoms with E-state index in [4.69, 9.17) is 4.74 Å². The van der Waals surface area contributed by atoms with Crippen LogP contribution in [0.25, 0.3) is 0 Å². The maximum atomic E-state index is 12.6. The fourth-order valence-electron chi connectivity index (χ4n) is 3.25. The average Bonchev–Trinajstić information content (AvgIpc) is 2.67. The molecule has 3 rings (SSSR count). The number of piperazine rings is 1. The first-order valence-electron chi connectivity index (χ1n) is 9.16. The molecule has 0 N–H and O–H groups in total. The first-order valence-corrected chi connectivity index (χ1v) is 10.6. The number of sulfonamides is 1. The first-order chi connectivity index (χ1) is 12.5. The van der Waals surface area contributed by atoms with E-state index in [9.17, 15) is 13.2 Å². The number of nitrogens with zero attached hydrogens (tertiary/aromatic N) is 3. The third-order valence-corrected chi connectivity index (χ3v) is 6.91. The van der Waals surface area contributed by atoms with Crippen molar-refractivity contribution >= 4 is 15.9 Å². The number of ether oxygens (including phenoxy) is 1. The van der Waals surface area contributed by atoms with Crippen molar-refractivity contribution in [3.63, 3.8) is 0 Å². The van der Waals surface area contributed by atoms with E-state index in [1.165, 1.54) is 0 Å². The van der Waals surface area contributed by atoms with Gasteiger partial charge in [-0.1, -0.05) is 6.42 Å². The van der Waals surface area contributed by atoms with Gasteiger partial charge in [-0.25, -0.2) is 8.42 Å². The zero-order valence-electron chi connectivity index (χ0n) is 15.3. The van der Waals surface area contributed by atoms with Crippen LogP contribution in [-0.2, 0) is 14.8 Å². The quantitative estimate of drug-likeness (QED) is 0.761. The molecule has 0 radical (unpaired) electrons. The number of hydrogen-bond acceptors (Lipinski definition) is 5. The molecule has 26 heavy (non-hydrogen) atoms. The van der Waals surface area contributed by atoms with Gasteiger partial charge in [0.1, 0.15) is 5.75 Å². The highest BCUT2D eigenvalue weighted by molar-refractivity contribution is 7.89. The third kappa shape index (κ3) is 4.55. The summed E-state index contributed by atoms with van der Waals surface area (Å²) in [5.74, 6) is 0.466. The summed E-state index contributed by atoms with van der Waals surface area (Å²) in [6.45, 7) is 4.31. The van der Waals surface area contributed by atoms with Crippen molar-refractivity contribution in [2.45, 2.75) is 24.2 Å². The van der Waals surface area contributed by atoms with Crippen LogP contribution in [-0.4, -0.2) is 81.4 Å². The van der Waals surface area contributed by atoms with Gasteiger partial charge in [0, 0.05) is 39.3 Å². The van der Waals surface area contributed by atoms with Crippen LogP contribution in [0, 0.1) is 0 Å². The van der Waals surface area contributed by atoms with Gasteiger partial charge in [-0.15, -0.1) is 0 Å². The SMILES string of the molecule is CN1CCN(C(=O)COc2ccc(S(=O)(=O)N3CCCCC3)cc2)CC1. The van der Waals surface area contributed by atoms with Crippen molar-refractivity contribution in [2.75, 3.05) is 52.9 Å². The van der Waals surface area contributed by atoms with Crippen LogP contribution < -0.4 is 4.74 Å². The molecule has 2 aliphatic heterocycles. The Bertz CT molecular complexity index is 706. The number of amides is 1. The topological polar surface area (TPSA) is 70.2 Å². The van der Waals surface area contributed by atoms with Crippen LogP contribution >= 0.6 is 0 Å². The number of carbonyl (C=O) groups is 1. The lowest BCUT2D eigenvalue weighted by Gasteiger charge is -2.32. The Morgan fingerprint density at radius 3 is 2.19 bits per heavy atom. The first kappa shape index (κ1) is 19.1. The van der Waals surface area contributed by atoms with E-state index in [0.29, 0.717) is 31.9 Å². The third-order valence-electron chi connectivity index (χ3n) is 4.99. The molecule has 7 nitrogen and oxygen atoms in total. The molecule has 2 fully saturated rings. The Morgan fingerprint density at radius 1 is 0.962 bits per heavy atom. The van der Waals surface area contributed by atoms with Gasteiger partial charge >= 0.3 is 0 Å². The van der Waals surface area contributed by atoms with Gasteiger partial charge in [0.05, 0.1) is 4.90 Å². The molecule has 0 unspecified atom stereocenters. The molecule has 0 saturated carbocycles. The number of rotatable bonds is 5. The zero-order chi connectivity index (χ0) is 18.6. The fraction of sp³-hybridized carbons (Fsp3) is 0.611. The molecule has 0 bridgehead atoms. The lowest BCUT2D eigenvalue weighted by atomic mass is 10.2. The Labute approximate surface area is 155 Å². The molecule has 1 aromatic carbocycles. The lowest BCUT2D eigenvalue weighted by Crippen LogP contribution is -2.48. The van der Waals surface area contributed by atoms with E-state index in [1.54, 1.807) is 33.5 Å². The standard InChI is InChI=1S/C18H27N3O4S/c1-19-11-13-20(14-12-19)18(22)15-25-16-5-7-17(8-6-16)26(23,24)21-9-3-2-4-10-21/h5-8H,2-4,9-15H2,1H3. The molecule has 1 aromatic rings. The molecule has 1 amide bonds. The maximum absolute atomic E-state index is 12.6. The van der Waals surface area contributed by atoms with Crippen molar-refractivity contribution in [1.82, 2.24) is 14.1 Å². The predicted molar refractivity (Wildman–Crippen MR) is 98.6 cm³/mol. The second-order valence-electron chi connectivity index (χ2n) is 6.91. The smallest absolute Gasteiger partial charge is 0.260 e. The van der Waals surface area contributed by atoms with E-state index < -0.39 is 10.0 Å². The highest BCUT2D eigenvalue weighted by Gasteiger charge is 2.26. The summed E-state index contributed by atoms with van der Waals surface area (Å²) in [7, 11) is -1.39. The molecular formula is C18H27N3O4S. The lowest BCUT2D eigenvalue weighted by molar-refractivity contribution is -0.134. The van der Waals surface area contributed by atoms with Crippen molar-refractivity contribution < 1.29 is 17.9 Å². The van der Waals surface area contributed by atoms with Crippen LogP contribution in [0.3, 0.4) is 0 Å². The Morgan fingerprint density at radius 2 is 1.58 bits per heavy atom. The van der Waals surface area contributed by atoms with Crippen LogP contribution in [0.5, 0.6) is 5.75 Å². The molecule has 0 spiro atoms. The van der Waals surface area contributed by atoms with Gasteiger partial charge in [-0.2, -0.15) is 4.31 Å². The van der Waals surface area contributed by atoms with E-state index in [2.05, 4.69) is 4.90 Å². The van der Waals surface area contributed by atoms with Crippen molar-refractivity contribution in [1.29, 1.82) is 0 Å². The molecule has 2 heterocycles. The minimum Gasteiger partial charge on any atom is -0.484 e. The molecule has 0 atom stereocenters. The second-order valence-corrected chi connectivity index (χ2v) is 8.85. The van der Waals surface area contributed by atoms with Crippen LogP contribution in [0.4, 0.5) is 0 Å². The van der Waals surface area contributed by atoms with Crippen LogP contribution in [0.15, 0.2) is 29.2 Å². The summed E-state index contributed by atoms with van der Waals surface area (Å²) < 4.78 is 32.3. The minimum absolute atomic E-state index is 0.0259. The summed E-state index contributed by atoms with van der Waals surface area (Å²) >= 11 is 0. The Balaban J connectivity index is 1.55. The maximum Gasteiger partial charge on any atom is 0.260 e. The average molecular weight is 381 g/mol. The van der Waals surface area contributed by atoms with Gasteiger partial charge in [-0.05, 0) is 44.2 Å². The largest absolute Gasteiger partial charge is 0.484 e. The van der Waals surface area contributed by atoms with Gasteiger partial charge < -0.3 is 14.5 Å². The van der Waals surface area contributed by atoms with Crippen molar-refractivity contribution in [3.8, 4) is 5.75 Å². The summed E-state index contributed by atoms with van der Waals surface area (Å²) in [6.07, 6.45) is 2.91. The molecule has 2 saturated heterocycles. The predicted octanol–water partition coefficient (Wildman–Crippen LogP) is 1.01. The second kappa shape index (κ2) is 8.37. The number of carbonyl (C=O) groups excluding carboxylic acids is 1. The van der Waals surface area contributed by atoms with E-state index in [0.717, 1.165) is 32.4 Å². The molecule has 2 aliphatic rings. The van der Waals surface area contributed by atoms with Crippen LogP contribution in [0.2, 0.25) is 0 Å². The number of hydrogen-bond donors (Lipinski definition) is 0. The van der Waals surface area contributed by atoms with E-state index in [-0.39, 0.29) is 17.4 Å². The molecule has 0 aromatic heterocycles. The van der Waals surface area contributed by atoms with Gasteiger partial charge in [0.2, 0.25) is 10.0 Å². The van der Waals surface area contributed by atoms with Gasteiger partial charge in [0.15, 0.2) is 6.61 Å². The minimum atomic E-state index is -3.43. The number of piperidine rings is 1. The molecule has 144 valence electrons. The van der Waals surface area contributed by atoms with Crippen molar-refractivity contribution in [3.05, 3.63) is 24.3 Å². The number of benzene rings is 1. The molecule has 0 aliphatic carbocycles. The molecular weight excluding hydrogens is 354 g/mol. The van der Waals surface area contributed by atoms with Crippen LogP contribution in [0.1, 0.15) is 19.3 Å². The summed E-state index contributed by atoms with van der Waals surface area (Å²) in [5, 5.41) is 0. The summed E-state index contributed by atoms with van der Waals surface area (Å²) in [5.41, 5.74) is 0.